The zero-order valence-corrected chi connectivity index (χ0v) is 15.8. The van der Waals surface area contributed by atoms with Crippen molar-refractivity contribution in [3.63, 3.8) is 0 Å². The minimum Gasteiger partial charge on any atom is -0.341 e. The van der Waals surface area contributed by atoms with Crippen LogP contribution in [0.15, 0.2) is 48.8 Å². The number of aromatic nitrogens is 2. The van der Waals surface area contributed by atoms with Gasteiger partial charge in [-0.15, -0.1) is 0 Å². The molecule has 0 unspecified atom stereocenters. The molecular formula is C22H28N4O. The monoisotopic (exact) mass is 364 g/mol. The van der Waals surface area contributed by atoms with Crippen molar-refractivity contribution in [2.24, 2.45) is 5.92 Å². The fourth-order valence-corrected chi connectivity index (χ4v) is 4.56. The summed E-state index contributed by atoms with van der Waals surface area (Å²) in [5.41, 5.74) is 0.819. The van der Waals surface area contributed by atoms with Gasteiger partial charge in [-0.25, -0.2) is 9.97 Å². The van der Waals surface area contributed by atoms with Crippen molar-refractivity contribution in [1.29, 1.82) is 0 Å². The second kappa shape index (κ2) is 8.51. The predicted octanol–water partition coefficient (Wildman–Crippen LogP) is 3.78. The molecule has 2 aliphatic heterocycles. The molecule has 0 bridgehead atoms. The fourth-order valence-electron chi connectivity index (χ4n) is 4.56. The summed E-state index contributed by atoms with van der Waals surface area (Å²) in [5.74, 6) is 1.60. The number of hydrogen-bond donors (Lipinski definition) is 0. The number of carbonyl (C=O) groups excluding carboxylic acids is 1. The third-order valence-corrected chi connectivity index (χ3v) is 6.00. The average Bonchev–Trinajstić information content (AvgIpc) is 3.01. The second-order valence-electron chi connectivity index (χ2n) is 7.65. The zero-order valence-electron chi connectivity index (χ0n) is 15.8. The van der Waals surface area contributed by atoms with Gasteiger partial charge in [-0.05, 0) is 49.8 Å². The molecule has 1 amide bonds. The van der Waals surface area contributed by atoms with Crippen LogP contribution < -0.4 is 4.90 Å². The van der Waals surface area contributed by atoms with Gasteiger partial charge in [-0.3, -0.25) is 4.79 Å². The van der Waals surface area contributed by atoms with Crippen LogP contribution in [0.25, 0.3) is 0 Å². The number of carbonyl (C=O) groups is 1. The molecule has 2 aliphatic rings. The van der Waals surface area contributed by atoms with Gasteiger partial charge in [0, 0.05) is 43.6 Å². The Morgan fingerprint density at radius 2 is 1.59 bits per heavy atom. The maximum atomic E-state index is 13.2. The standard InChI is InChI=1S/C22H28N4O/c27-21(19-8-3-1-4-9-19)26-15-6-2-5-10-20(26)18-11-16-25(17-12-18)22-23-13-7-14-24-22/h1,3-4,7-9,13-14,18,20H,2,5-6,10-12,15-17H2/t20-/m0/s1. The summed E-state index contributed by atoms with van der Waals surface area (Å²) in [6.07, 6.45) is 10.5. The molecule has 1 aromatic heterocycles. The van der Waals surface area contributed by atoms with Gasteiger partial charge >= 0.3 is 0 Å². The van der Waals surface area contributed by atoms with E-state index in [1.54, 1.807) is 12.4 Å². The molecule has 5 heteroatoms. The third-order valence-electron chi connectivity index (χ3n) is 6.00. The maximum Gasteiger partial charge on any atom is 0.254 e. The fraction of sp³-hybridized carbons (Fsp3) is 0.500. The van der Waals surface area contributed by atoms with E-state index in [9.17, 15) is 4.79 Å². The van der Waals surface area contributed by atoms with Gasteiger partial charge in [0.25, 0.3) is 5.91 Å². The number of piperidine rings is 1. The van der Waals surface area contributed by atoms with Crippen LogP contribution in [0.4, 0.5) is 5.95 Å². The molecule has 0 spiro atoms. The molecule has 0 aliphatic carbocycles. The summed E-state index contributed by atoms with van der Waals surface area (Å²) in [7, 11) is 0. The van der Waals surface area contributed by atoms with Crippen molar-refractivity contribution < 1.29 is 4.79 Å². The lowest BCUT2D eigenvalue weighted by Gasteiger charge is -2.40. The molecular weight excluding hydrogens is 336 g/mol. The molecule has 1 atom stereocenters. The van der Waals surface area contributed by atoms with Crippen molar-refractivity contribution >= 4 is 11.9 Å². The van der Waals surface area contributed by atoms with Gasteiger partial charge in [0.2, 0.25) is 5.95 Å². The summed E-state index contributed by atoms with van der Waals surface area (Å²) >= 11 is 0. The number of rotatable bonds is 3. The number of nitrogens with zero attached hydrogens (tertiary/aromatic N) is 4. The first-order valence-corrected chi connectivity index (χ1v) is 10.2. The van der Waals surface area contributed by atoms with Crippen LogP contribution in [-0.4, -0.2) is 46.5 Å². The predicted molar refractivity (Wildman–Crippen MR) is 107 cm³/mol. The van der Waals surface area contributed by atoms with E-state index in [0.29, 0.717) is 12.0 Å². The SMILES string of the molecule is O=C(c1ccccc1)N1CCCCC[C@H]1C1CCN(c2ncccn2)CC1. The van der Waals surface area contributed by atoms with E-state index in [2.05, 4.69) is 19.8 Å². The largest absolute Gasteiger partial charge is 0.341 e. The summed E-state index contributed by atoms with van der Waals surface area (Å²) < 4.78 is 0. The first-order chi connectivity index (χ1) is 13.3. The number of benzene rings is 1. The number of amides is 1. The Kier molecular flexibility index (Phi) is 5.66. The van der Waals surface area contributed by atoms with Crippen molar-refractivity contribution in [3.8, 4) is 0 Å². The van der Waals surface area contributed by atoms with Gasteiger partial charge in [-0.2, -0.15) is 0 Å². The first-order valence-electron chi connectivity index (χ1n) is 10.2. The molecule has 5 nitrogen and oxygen atoms in total. The van der Waals surface area contributed by atoms with Crippen molar-refractivity contribution in [2.75, 3.05) is 24.5 Å². The molecule has 0 N–H and O–H groups in total. The van der Waals surface area contributed by atoms with Crippen LogP contribution in [0, 0.1) is 5.92 Å². The van der Waals surface area contributed by atoms with Gasteiger partial charge in [-0.1, -0.05) is 31.0 Å². The van der Waals surface area contributed by atoms with E-state index in [-0.39, 0.29) is 5.91 Å². The Labute approximate surface area is 161 Å². The van der Waals surface area contributed by atoms with E-state index in [4.69, 9.17) is 0 Å². The smallest absolute Gasteiger partial charge is 0.254 e. The quantitative estimate of drug-likeness (QED) is 0.832. The van der Waals surface area contributed by atoms with Crippen LogP contribution in [0.5, 0.6) is 0 Å². The highest BCUT2D eigenvalue weighted by Crippen LogP contribution is 2.31. The Balaban J connectivity index is 1.46. The molecule has 2 aromatic rings. The maximum absolute atomic E-state index is 13.2. The van der Waals surface area contributed by atoms with E-state index >= 15 is 0 Å². The van der Waals surface area contributed by atoms with E-state index in [1.165, 1.54) is 12.8 Å². The minimum absolute atomic E-state index is 0.205. The van der Waals surface area contributed by atoms with Crippen LogP contribution in [0.2, 0.25) is 0 Å². The Morgan fingerprint density at radius 3 is 2.33 bits per heavy atom. The number of anilines is 1. The summed E-state index contributed by atoms with van der Waals surface area (Å²) in [6, 6.07) is 12.0. The molecule has 2 saturated heterocycles. The lowest BCUT2D eigenvalue weighted by Crippen LogP contribution is -2.48. The Hall–Kier alpha value is -2.43. The van der Waals surface area contributed by atoms with E-state index < -0.39 is 0 Å². The molecule has 0 saturated carbocycles. The highest BCUT2D eigenvalue weighted by atomic mass is 16.2. The Morgan fingerprint density at radius 1 is 0.852 bits per heavy atom. The third kappa shape index (κ3) is 4.12. The normalized spacial score (nSPS) is 21.7. The van der Waals surface area contributed by atoms with Gasteiger partial charge in [0.05, 0.1) is 0 Å². The number of likely N-dealkylation sites (tertiary alicyclic amines) is 1. The van der Waals surface area contributed by atoms with E-state index in [1.807, 2.05) is 36.4 Å². The lowest BCUT2D eigenvalue weighted by molar-refractivity contribution is 0.0588. The molecule has 2 fully saturated rings. The highest BCUT2D eigenvalue weighted by molar-refractivity contribution is 5.94. The molecule has 4 rings (SSSR count). The molecule has 0 radical (unpaired) electrons. The topological polar surface area (TPSA) is 49.3 Å². The van der Waals surface area contributed by atoms with Crippen molar-refractivity contribution in [2.45, 2.75) is 44.6 Å². The number of hydrogen-bond acceptors (Lipinski definition) is 4. The molecule has 1 aromatic carbocycles. The zero-order chi connectivity index (χ0) is 18.5. The first kappa shape index (κ1) is 18.0. The van der Waals surface area contributed by atoms with Gasteiger partial charge in [0.15, 0.2) is 0 Å². The van der Waals surface area contributed by atoms with Crippen LogP contribution in [0.1, 0.15) is 48.9 Å². The molecule has 3 heterocycles. The van der Waals surface area contributed by atoms with Crippen molar-refractivity contribution in [1.82, 2.24) is 14.9 Å². The summed E-state index contributed by atoms with van der Waals surface area (Å²) in [5, 5.41) is 0. The summed E-state index contributed by atoms with van der Waals surface area (Å²) in [6.45, 7) is 2.83. The average molecular weight is 364 g/mol. The van der Waals surface area contributed by atoms with Crippen molar-refractivity contribution in [3.05, 3.63) is 54.4 Å². The lowest BCUT2D eigenvalue weighted by atomic mass is 9.86. The minimum atomic E-state index is 0.205. The van der Waals surface area contributed by atoms with Crippen LogP contribution in [0.3, 0.4) is 0 Å². The van der Waals surface area contributed by atoms with Crippen LogP contribution >= 0.6 is 0 Å². The van der Waals surface area contributed by atoms with Crippen LogP contribution in [-0.2, 0) is 0 Å². The van der Waals surface area contributed by atoms with Gasteiger partial charge in [0.1, 0.15) is 0 Å². The molecule has 27 heavy (non-hydrogen) atoms. The summed E-state index contributed by atoms with van der Waals surface area (Å²) in [4.78, 5) is 26.4. The van der Waals surface area contributed by atoms with E-state index in [0.717, 1.165) is 56.8 Å². The second-order valence-corrected chi connectivity index (χ2v) is 7.65. The highest BCUT2D eigenvalue weighted by Gasteiger charge is 2.34. The van der Waals surface area contributed by atoms with Gasteiger partial charge < -0.3 is 9.80 Å². The molecule has 142 valence electrons. The Bertz CT molecular complexity index is 728.